The van der Waals surface area contributed by atoms with E-state index in [4.69, 9.17) is 0 Å². The number of hydrogen-bond acceptors (Lipinski definition) is 4. The zero-order chi connectivity index (χ0) is 11.0. The number of esters is 1. The number of carbonyl (C=O) groups excluding carboxylic acids is 2. The molecule has 1 N–H and O–H groups in total. The van der Waals surface area contributed by atoms with Crippen molar-refractivity contribution in [1.82, 2.24) is 5.32 Å². The number of ether oxygens (including phenoxy) is 1. The van der Waals surface area contributed by atoms with Gasteiger partial charge in [-0.2, -0.15) is 11.8 Å². The molecule has 0 saturated heterocycles. The van der Waals surface area contributed by atoms with Crippen molar-refractivity contribution in [3.8, 4) is 0 Å². The largest absolute Gasteiger partial charge is 0.459 e. The fourth-order valence-electron chi connectivity index (χ4n) is 0.846. The molecule has 0 rings (SSSR count). The van der Waals surface area contributed by atoms with Crippen LogP contribution in [-0.2, 0) is 14.3 Å². The second-order valence-corrected chi connectivity index (χ2v) is 3.86. The van der Waals surface area contributed by atoms with Crippen LogP contribution in [0.15, 0.2) is 0 Å². The summed E-state index contributed by atoms with van der Waals surface area (Å²) in [6.07, 6.45) is 2.85. The molecule has 5 heteroatoms. The average Bonchev–Trinajstić information content (AvgIpc) is 2.15. The summed E-state index contributed by atoms with van der Waals surface area (Å²) in [5.41, 5.74) is 0. The Kier molecular flexibility index (Phi) is 7.28. The van der Waals surface area contributed by atoms with Crippen molar-refractivity contribution in [3.63, 3.8) is 0 Å². The Morgan fingerprint density at radius 2 is 2.14 bits per heavy atom. The highest BCUT2D eigenvalue weighted by Gasteiger charge is 2.16. The summed E-state index contributed by atoms with van der Waals surface area (Å²) in [5, 5.41) is 2.57. The van der Waals surface area contributed by atoms with E-state index in [-0.39, 0.29) is 12.6 Å². The Bertz CT molecular complexity index is 196. The molecule has 0 bridgehead atoms. The van der Waals surface area contributed by atoms with Crippen LogP contribution < -0.4 is 5.32 Å². The van der Waals surface area contributed by atoms with E-state index in [1.165, 1.54) is 0 Å². The molecule has 0 saturated carbocycles. The van der Waals surface area contributed by atoms with Crippen LogP contribution in [0.4, 0.5) is 0 Å². The third kappa shape index (κ3) is 5.85. The highest BCUT2D eigenvalue weighted by molar-refractivity contribution is 7.98. The molecule has 0 aliphatic heterocycles. The van der Waals surface area contributed by atoms with Gasteiger partial charge in [0.1, 0.15) is 0 Å². The van der Waals surface area contributed by atoms with Crippen LogP contribution in [0.2, 0.25) is 0 Å². The van der Waals surface area contributed by atoms with E-state index in [1.54, 1.807) is 18.7 Å². The van der Waals surface area contributed by atoms with E-state index in [2.05, 4.69) is 10.1 Å². The summed E-state index contributed by atoms with van der Waals surface area (Å²) >= 11 is 1.71. The first kappa shape index (κ1) is 13.3. The van der Waals surface area contributed by atoms with E-state index in [0.29, 0.717) is 0 Å². The van der Waals surface area contributed by atoms with Crippen molar-refractivity contribution in [1.29, 1.82) is 0 Å². The van der Waals surface area contributed by atoms with Crippen molar-refractivity contribution in [3.05, 3.63) is 0 Å². The van der Waals surface area contributed by atoms with E-state index < -0.39 is 11.9 Å². The molecule has 0 aromatic heterocycles. The van der Waals surface area contributed by atoms with Gasteiger partial charge < -0.3 is 10.1 Å². The van der Waals surface area contributed by atoms with E-state index in [9.17, 15) is 9.59 Å². The van der Waals surface area contributed by atoms with Gasteiger partial charge in [-0.05, 0) is 32.3 Å². The Balaban J connectivity index is 3.75. The third-order valence-electron chi connectivity index (χ3n) is 1.59. The van der Waals surface area contributed by atoms with Crippen LogP contribution in [0.1, 0.15) is 20.3 Å². The number of amides is 1. The van der Waals surface area contributed by atoms with Crippen molar-refractivity contribution < 1.29 is 14.3 Å². The van der Waals surface area contributed by atoms with Gasteiger partial charge in [0.15, 0.2) is 0 Å². The molecule has 0 heterocycles. The monoisotopic (exact) mass is 219 g/mol. The van der Waals surface area contributed by atoms with Gasteiger partial charge in [-0.1, -0.05) is 0 Å². The zero-order valence-corrected chi connectivity index (χ0v) is 9.65. The number of carbonyl (C=O) groups is 2. The number of nitrogens with one attached hydrogen (secondary N) is 1. The van der Waals surface area contributed by atoms with E-state index in [0.717, 1.165) is 12.2 Å². The smallest absolute Gasteiger partial charge is 0.396 e. The van der Waals surface area contributed by atoms with Crippen LogP contribution in [0.3, 0.4) is 0 Å². The van der Waals surface area contributed by atoms with Crippen LogP contribution >= 0.6 is 11.8 Å². The molecule has 82 valence electrons. The minimum atomic E-state index is -0.802. The molecule has 1 amide bonds. The first-order chi connectivity index (χ1) is 6.61. The highest BCUT2D eigenvalue weighted by atomic mass is 32.2. The van der Waals surface area contributed by atoms with E-state index >= 15 is 0 Å². The molecule has 0 aliphatic rings. The number of rotatable bonds is 5. The maximum Gasteiger partial charge on any atom is 0.396 e. The molecule has 1 atom stereocenters. The lowest BCUT2D eigenvalue weighted by molar-refractivity contribution is -0.154. The lowest BCUT2D eigenvalue weighted by Crippen LogP contribution is -2.38. The molecular weight excluding hydrogens is 202 g/mol. The van der Waals surface area contributed by atoms with Crippen molar-refractivity contribution in [2.24, 2.45) is 0 Å². The van der Waals surface area contributed by atoms with Crippen LogP contribution in [-0.4, -0.2) is 36.5 Å². The Labute approximate surface area is 88.8 Å². The predicted molar refractivity (Wildman–Crippen MR) is 57.2 cm³/mol. The number of thioether (sulfide) groups is 1. The lowest BCUT2D eigenvalue weighted by Gasteiger charge is -2.11. The second kappa shape index (κ2) is 7.67. The topological polar surface area (TPSA) is 55.4 Å². The van der Waals surface area contributed by atoms with Gasteiger partial charge in [0, 0.05) is 6.04 Å². The summed E-state index contributed by atoms with van der Waals surface area (Å²) in [7, 11) is 0. The average molecular weight is 219 g/mol. The second-order valence-electron chi connectivity index (χ2n) is 2.88. The summed E-state index contributed by atoms with van der Waals surface area (Å²) in [6.45, 7) is 3.77. The molecule has 0 spiro atoms. The number of hydrogen-bond donors (Lipinski definition) is 1. The summed E-state index contributed by atoms with van der Waals surface area (Å²) in [4.78, 5) is 22.0. The zero-order valence-electron chi connectivity index (χ0n) is 8.83. The van der Waals surface area contributed by atoms with Gasteiger partial charge >= 0.3 is 11.9 Å². The normalized spacial score (nSPS) is 11.9. The van der Waals surface area contributed by atoms with Crippen LogP contribution in [0.25, 0.3) is 0 Å². The maximum absolute atomic E-state index is 11.1. The summed E-state index contributed by atoms with van der Waals surface area (Å²) < 4.78 is 4.55. The SMILES string of the molecule is CCOC(=O)C(=O)NC(C)CCSC. The van der Waals surface area contributed by atoms with Gasteiger partial charge in [0.25, 0.3) is 0 Å². The van der Waals surface area contributed by atoms with Crippen molar-refractivity contribution >= 4 is 23.6 Å². The first-order valence-electron chi connectivity index (χ1n) is 4.58. The van der Waals surface area contributed by atoms with E-state index in [1.807, 2.05) is 13.2 Å². The molecule has 14 heavy (non-hydrogen) atoms. The van der Waals surface area contributed by atoms with Gasteiger partial charge in [-0.25, -0.2) is 4.79 Å². The van der Waals surface area contributed by atoms with Crippen LogP contribution in [0.5, 0.6) is 0 Å². The fourth-order valence-corrected chi connectivity index (χ4v) is 1.44. The predicted octanol–water partition coefficient (Wildman–Crippen LogP) is 0.807. The quantitative estimate of drug-likeness (QED) is 0.549. The molecule has 0 aliphatic carbocycles. The summed E-state index contributed by atoms with van der Waals surface area (Å²) in [6, 6.07) is 0.0133. The molecule has 0 aromatic carbocycles. The van der Waals surface area contributed by atoms with Crippen molar-refractivity contribution in [2.45, 2.75) is 26.3 Å². The first-order valence-corrected chi connectivity index (χ1v) is 5.97. The molecule has 0 aromatic rings. The molecule has 0 fully saturated rings. The van der Waals surface area contributed by atoms with Gasteiger partial charge in [0.05, 0.1) is 6.61 Å². The molecule has 0 radical (unpaired) electrons. The van der Waals surface area contributed by atoms with Gasteiger partial charge in [-0.3, -0.25) is 4.79 Å². The molecular formula is C9H17NO3S. The fraction of sp³-hybridized carbons (Fsp3) is 0.778. The minimum Gasteiger partial charge on any atom is -0.459 e. The Morgan fingerprint density at radius 1 is 1.50 bits per heavy atom. The van der Waals surface area contributed by atoms with Gasteiger partial charge in [0.2, 0.25) is 0 Å². The third-order valence-corrected chi connectivity index (χ3v) is 2.24. The minimum absolute atomic E-state index is 0.0133. The summed E-state index contributed by atoms with van der Waals surface area (Å²) in [5.74, 6) is -0.492. The Morgan fingerprint density at radius 3 is 2.64 bits per heavy atom. The van der Waals surface area contributed by atoms with Crippen LogP contribution in [0, 0.1) is 0 Å². The molecule has 1 unspecified atom stereocenters. The lowest BCUT2D eigenvalue weighted by atomic mass is 10.2. The Hall–Kier alpha value is -0.710. The van der Waals surface area contributed by atoms with Crippen molar-refractivity contribution in [2.75, 3.05) is 18.6 Å². The van der Waals surface area contributed by atoms with Gasteiger partial charge in [-0.15, -0.1) is 0 Å². The standard InChI is InChI=1S/C9H17NO3S/c1-4-13-9(12)8(11)10-7(2)5-6-14-3/h7H,4-6H2,1-3H3,(H,10,11). The maximum atomic E-state index is 11.1. The highest BCUT2D eigenvalue weighted by Crippen LogP contribution is 1.99. The molecule has 4 nitrogen and oxygen atoms in total.